The van der Waals surface area contributed by atoms with Crippen LogP contribution >= 0.6 is 34.7 Å². The van der Waals surface area contributed by atoms with Gasteiger partial charge in [0.05, 0.1) is 22.9 Å². The molecule has 1 N–H and O–H groups in total. The fourth-order valence-electron chi connectivity index (χ4n) is 3.86. The number of thiophene rings is 1. The molecule has 0 saturated carbocycles. The molecule has 174 valence electrons. The van der Waals surface area contributed by atoms with E-state index in [1.807, 2.05) is 29.8 Å². The summed E-state index contributed by atoms with van der Waals surface area (Å²) in [6, 6.07) is 7.43. The number of hydrogen-bond acceptors (Lipinski definition) is 7. The van der Waals surface area contributed by atoms with E-state index >= 15 is 0 Å². The van der Waals surface area contributed by atoms with Crippen molar-refractivity contribution in [1.82, 2.24) is 14.8 Å². The first-order valence-corrected chi connectivity index (χ1v) is 13.1. The third-order valence-corrected chi connectivity index (χ3v) is 7.99. The molecule has 0 aliphatic heterocycles. The molecule has 33 heavy (non-hydrogen) atoms. The number of benzene rings is 1. The minimum atomic E-state index is -0.363. The van der Waals surface area contributed by atoms with Gasteiger partial charge in [0, 0.05) is 17.5 Å². The number of esters is 1. The zero-order chi connectivity index (χ0) is 23.4. The number of carbonyl (C=O) groups excluding carboxylic acids is 2. The van der Waals surface area contributed by atoms with Crippen molar-refractivity contribution in [1.29, 1.82) is 0 Å². The number of thioether (sulfide) groups is 1. The maximum absolute atomic E-state index is 12.8. The summed E-state index contributed by atoms with van der Waals surface area (Å²) in [7, 11) is 1.84. The minimum absolute atomic E-state index is 0.138. The number of aromatic nitrogens is 3. The molecule has 0 radical (unpaired) electrons. The van der Waals surface area contributed by atoms with Gasteiger partial charge in [-0.1, -0.05) is 41.9 Å². The number of nitrogens with one attached hydrogen (secondary N) is 1. The van der Waals surface area contributed by atoms with Crippen LogP contribution in [-0.2, 0) is 29.4 Å². The second-order valence-corrected chi connectivity index (χ2v) is 10.1. The van der Waals surface area contributed by atoms with Crippen LogP contribution in [0.2, 0.25) is 5.02 Å². The molecule has 1 aliphatic rings. The SMILES string of the molecule is CCOC(=O)c1c(NC(=O)CSc2nnc(-c3ccccc3Cl)n2C)sc2c1CCCCC2. The molecule has 2 heterocycles. The summed E-state index contributed by atoms with van der Waals surface area (Å²) in [5.41, 5.74) is 2.35. The normalized spacial score (nSPS) is 13.3. The summed E-state index contributed by atoms with van der Waals surface area (Å²) in [6.45, 7) is 2.09. The fourth-order valence-corrected chi connectivity index (χ4v) is 6.09. The smallest absolute Gasteiger partial charge is 0.341 e. The van der Waals surface area contributed by atoms with E-state index in [4.69, 9.17) is 16.3 Å². The van der Waals surface area contributed by atoms with Crippen molar-refractivity contribution in [2.75, 3.05) is 17.7 Å². The Morgan fingerprint density at radius 1 is 1.21 bits per heavy atom. The van der Waals surface area contributed by atoms with E-state index in [0.717, 1.165) is 43.2 Å². The molecule has 1 aromatic carbocycles. The summed E-state index contributed by atoms with van der Waals surface area (Å²) in [5, 5.41) is 13.2. The number of rotatable bonds is 7. The van der Waals surface area contributed by atoms with Crippen LogP contribution in [0.5, 0.6) is 0 Å². The van der Waals surface area contributed by atoms with Gasteiger partial charge in [0.25, 0.3) is 0 Å². The molecule has 1 amide bonds. The topological polar surface area (TPSA) is 86.1 Å². The molecule has 0 unspecified atom stereocenters. The van der Waals surface area contributed by atoms with Crippen molar-refractivity contribution in [2.24, 2.45) is 7.05 Å². The number of hydrogen-bond donors (Lipinski definition) is 1. The summed E-state index contributed by atoms with van der Waals surface area (Å²) in [5.74, 6) is 0.205. The predicted octanol–water partition coefficient (Wildman–Crippen LogP) is 5.37. The standard InChI is InChI=1S/C23H25ClN4O3S2/c1-3-31-22(30)19-15-10-5-4-6-12-17(15)33-21(19)25-18(29)13-32-23-27-26-20(28(23)2)14-9-7-8-11-16(14)24/h7-9,11H,3-6,10,12-13H2,1-2H3,(H,25,29). The molecule has 0 saturated heterocycles. The molecule has 4 rings (SSSR count). The largest absolute Gasteiger partial charge is 0.462 e. The summed E-state index contributed by atoms with van der Waals surface area (Å²) >= 11 is 9.06. The van der Waals surface area contributed by atoms with Gasteiger partial charge >= 0.3 is 5.97 Å². The lowest BCUT2D eigenvalue weighted by Crippen LogP contribution is -2.17. The molecule has 0 atom stereocenters. The van der Waals surface area contributed by atoms with E-state index in [9.17, 15) is 9.59 Å². The van der Waals surface area contributed by atoms with Crippen molar-refractivity contribution < 1.29 is 14.3 Å². The Balaban J connectivity index is 1.48. The van der Waals surface area contributed by atoms with Crippen molar-refractivity contribution in [2.45, 2.75) is 44.2 Å². The molecule has 3 aromatic rings. The number of nitrogens with zero attached hydrogens (tertiary/aromatic N) is 3. The Morgan fingerprint density at radius 3 is 2.79 bits per heavy atom. The van der Waals surface area contributed by atoms with E-state index in [1.54, 1.807) is 13.0 Å². The zero-order valence-corrected chi connectivity index (χ0v) is 20.9. The lowest BCUT2D eigenvalue weighted by molar-refractivity contribution is -0.113. The van der Waals surface area contributed by atoms with Crippen LogP contribution in [0.15, 0.2) is 29.4 Å². The zero-order valence-electron chi connectivity index (χ0n) is 18.5. The van der Waals surface area contributed by atoms with E-state index in [1.165, 1.54) is 28.0 Å². The van der Waals surface area contributed by atoms with E-state index in [0.29, 0.717) is 33.2 Å². The maximum Gasteiger partial charge on any atom is 0.341 e. The number of halogens is 1. The Morgan fingerprint density at radius 2 is 2.00 bits per heavy atom. The number of amides is 1. The number of carbonyl (C=O) groups is 2. The van der Waals surface area contributed by atoms with Crippen LogP contribution in [0.25, 0.3) is 11.4 Å². The highest BCUT2D eigenvalue weighted by atomic mass is 35.5. The average Bonchev–Trinajstić information content (AvgIpc) is 3.23. The Labute approximate surface area is 205 Å². The lowest BCUT2D eigenvalue weighted by Gasteiger charge is -2.08. The maximum atomic E-state index is 12.8. The highest BCUT2D eigenvalue weighted by Crippen LogP contribution is 2.38. The quantitative estimate of drug-likeness (QED) is 0.264. The lowest BCUT2D eigenvalue weighted by atomic mass is 10.1. The van der Waals surface area contributed by atoms with Crippen molar-refractivity contribution in [3.05, 3.63) is 45.3 Å². The fraction of sp³-hybridized carbons (Fsp3) is 0.391. The van der Waals surface area contributed by atoms with Crippen LogP contribution in [-0.4, -0.2) is 39.0 Å². The van der Waals surface area contributed by atoms with Crippen LogP contribution in [0.1, 0.15) is 47.0 Å². The molecular formula is C23H25ClN4O3S2. The van der Waals surface area contributed by atoms with Crippen LogP contribution in [0, 0.1) is 0 Å². The summed E-state index contributed by atoms with van der Waals surface area (Å²) in [6.07, 6.45) is 5.06. The predicted molar refractivity (Wildman–Crippen MR) is 132 cm³/mol. The number of aryl methyl sites for hydroxylation is 1. The second kappa shape index (κ2) is 10.7. The van der Waals surface area contributed by atoms with Crippen LogP contribution in [0.3, 0.4) is 0 Å². The summed E-state index contributed by atoms with van der Waals surface area (Å²) in [4.78, 5) is 26.6. The first kappa shape index (κ1) is 23.8. The highest BCUT2D eigenvalue weighted by molar-refractivity contribution is 7.99. The molecule has 2 aromatic heterocycles. The van der Waals surface area contributed by atoms with Crippen molar-refractivity contribution >= 4 is 51.6 Å². The number of anilines is 1. The van der Waals surface area contributed by atoms with Gasteiger partial charge in [-0.05, 0) is 50.3 Å². The van der Waals surface area contributed by atoms with Gasteiger partial charge in [-0.15, -0.1) is 21.5 Å². The van der Waals surface area contributed by atoms with Crippen LogP contribution < -0.4 is 5.32 Å². The Bertz CT molecular complexity index is 1170. The first-order valence-electron chi connectivity index (χ1n) is 10.9. The van der Waals surface area contributed by atoms with Gasteiger partial charge in [-0.25, -0.2) is 4.79 Å². The molecular weight excluding hydrogens is 480 g/mol. The Hall–Kier alpha value is -2.36. The number of fused-ring (bicyclic) bond motifs is 1. The van der Waals surface area contributed by atoms with Crippen molar-refractivity contribution in [3.8, 4) is 11.4 Å². The van der Waals surface area contributed by atoms with E-state index in [2.05, 4.69) is 15.5 Å². The third-order valence-electron chi connectivity index (χ3n) is 5.44. The van der Waals surface area contributed by atoms with Gasteiger partial charge in [0.2, 0.25) is 5.91 Å². The molecule has 10 heteroatoms. The molecule has 0 bridgehead atoms. The number of ether oxygens (including phenoxy) is 1. The molecule has 7 nitrogen and oxygen atoms in total. The third kappa shape index (κ3) is 5.26. The van der Waals surface area contributed by atoms with Gasteiger partial charge < -0.3 is 14.6 Å². The molecule has 0 spiro atoms. The van der Waals surface area contributed by atoms with Gasteiger partial charge in [0.15, 0.2) is 11.0 Å². The molecule has 0 fully saturated rings. The van der Waals surface area contributed by atoms with Gasteiger partial charge in [-0.2, -0.15) is 0 Å². The average molecular weight is 505 g/mol. The van der Waals surface area contributed by atoms with Crippen molar-refractivity contribution in [3.63, 3.8) is 0 Å². The van der Waals surface area contributed by atoms with Gasteiger partial charge in [-0.3, -0.25) is 4.79 Å². The second-order valence-electron chi connectivity index (χ2n) is 7.67. The Kier molecular flexibility index (Phi) is 7.72. The molecule has 1 aliphatic carbocycles. The monoisotopic (exact) mass is 504 g/mol. The van der Waals surface area contributed by atoms with Crippen LogP contribution in [0.4, 0.5) is 5.00 Å². The van der Waals surface area contributed by atoms with Gasteiger partial charge in [0.1, 0.15) is 5.00 Å². The minimum Gasteiger partial charge on any atom is -0.462 e. The van der Waals surface area contributed by atoms with E-state index < -0.39 is 0 Å². The first-order chi connectivity index (χ1) is 16.0. The van der Waals surface area contributed by atoms with E-state index in [-0.39, 0.29) is 17.6 Å². The summed E-state index contributed by atoms with van der Waals surface area (Å²) < 4.78 is 7.11. The highest BCUT2D eigenvalue weighted by Gasteiger charge is 2.26.